The molecule has 0 aromatic carbocycles. The fourth-order valence-corrected chi connectivity index (χ4v) is 3.25. The van der Waals surface area contributed by atoms with Gasteiger partial charge in [-0.05, 0) is 31.2 Å². The van der Waals surface area contributed by atoms with Crippen LogP contribution in [0, 0.1) is 0 Å². The molecule has 1 amide bonds. The number of carbonyl (C=O) groups excluding carboxylic acids is 1. The number of amides is 1. The van der Waals surface area contributed by atoms with Crippen molar-refractivity contribution in [3.8, 4) is 10.6 Å². The third-order valence-electron chi connectivity index (χ3n) is 3.23. The second-order valence-electron chi connectivity index (χ2n) is 4.91. The van der Waals surface area contributed by atoms with Crippen LogP contribution in [0.5, 0.6) is 0 Å². The SMILES string of the molecule is CC(=S)NC[C@@H]1CN(c2ccc(-c3ccccn3)s2)C(=O)O1. The molecule has 1 saturated heterocycles. The standard InChI is InChI=1S/C15H15N3O2S2/c1-10(21)17-8-11-9-18(15(19)20-11)14-6-5-13(22-14)12-4-2-3-7-16-12/h2-7,11H,8-9H2,1H3,(H,17,21)/t11-/m1/s1. The van der Waals surface area contributed by atoms with Crippen LogP contribution in [-0.2, 0) is 4.74 Å². The first-order valence-corrected chi connectivity index (χ1v) is 8.10. The zero-order valence-corrected chi connectivity index (χ0v) is 13.6. The minimum atomic E-state index is -0.316. The monoisotopic (exact) mass is 333 g/mol. The number of rotatable bonds is 4. The molecule has 1 N–H and O–H groups in total. The Kier molecular flexibility index (Phi) is 4.35. The Labute approximate surface area is 137 Å². The number of thiocarbonyl (C=S) groups is 1. The lowest BCUT2D eigenvalue weighted by molar-refractivity contribution is 0.143. The molecule has 2 aromatic rings. The number of ether oxygens (including phenoxy) is 1. The summed E-state index contributed by atoms with van der Waals surface area (Å²) in [5, 5.41) is 3.90. The minimum Gasteiger partial charge on any atom is -0.442 e. The Bertz CT molecular complexity index is 687. The van der Waals surface area contributed by atoms with Gasteiger partial charge in [0.25, 0.3) is 0 Å². The summed E-state index contributed by atoms with van der Waals surface area (Å²) < 4.78 is 5.35. The predicted molar refractivity (Wildman–Crippen MR) is 91.4 cm³/mol. The van der Waals surface area contributed by atoms with E-state index in [0.717, 1.165) is 15.6 Å². The molecule has 7 heteroatoms. The zero-order chi connectivity index (χ0) is 15.5. The van der Waals surface area contributed by atoms with Crippen molar-refractivity contribution >= 4 is 39.6 Å². The zero-order valence-electron chi connectivity index (χ0n) is 12.0. The van der Waals surface area contributed by atoms with E-state index >= 15 is 0 Å². The summed E-state index contributed by atoms with van der Waals surface area (Å²) in [6.45, 7) is 2.87. The number of pyridine rings is 1. The second-order valence-corrected chi connectivity index (χ2v) is 6.58. The van der Waals surface area contributed by atoms with Gasteiger partial charge in [0.2, 0.25) is 0 Å². The molecule has 22 heavy (non-hydrogen) atoms. The molecule has 0 bridgehead atoms. The number of aromatic nitrogens is 1. The van der Waals surface area contributed by atoms with Crippen LogP contribution in [0.1, 0.15) is 6.92 Å². The summed E-state index contributed by atoms with van der Waals surface area (Å²) >= 11 is 6.50. The highest BCUT2D eigenvalue weighted by atomic mass is 32.1. The molecule has 114 valence electrons. The van der Waals surface area contributed by atoms with Crippen LogP contribution in [0.25, 0.3) is 10.6 Å². The van der Waals surface area contributed by atoms with Gasteiger partial charge >= 0.3 is 6.09 Å². The predicted octanol–water partition coefficient (Wildman–Crippen LogP) is 3.07. The summed E-state index contributed by atoms with van der Waals surface area (Å²) in [5.74, 6) is 0. The van der Waals surface area contributed by atoms with Crippen LogP contribution >= 0.6 is 23.6 Å². The van der Waals surface area contributed by atoms with Crippen molar-refractivity contribution in [3.63, 3.8) is 0 Å². The molecule has 1 fully saturated rings. The topological polar surface area (TPSA) is 54.5 Å². The van der Waals surface area contributed by atoms with Crippen molar-refractivity contribution in [2.45, 2.75) is 13.0 Å². The Hall–Kier alpha value is -1.99. The molecule has 3 rings (SSSR count). The number of thiophene rings is 1. The normalized spacial score (nSPS) is 17.4. The average molecular weight is 333 g/mol. The minimum absolute atomic E-state index is 0.189. The number of hydrogen-bond donors (Lipinski definition) is 1. The highest BCUT2D eigenvalue weighted by Crippen LogP contribution is 2.34. The first-order chi connectivity index (χ1) is 10.6. The summed E-state index contributed by atoms with van der Waals surface area (Å²) in [6, 6.07) is 9.68. The Morgan fingerprint density at radius 2 is 2.36 bits per heavy atom. The van der Waals surface area contributed by atoms with E-state index in [0.29, 0.717) is 18.1 Å². The number of anilines is 1. The van der Waals surface area contributed by atoms with Gasteiger partial charge in [-0.25, -0.2) is 4.79 Å². The van der Waals surface area contributed by atoms with Gasteiger partial charge < -0.3 is 10.1 Å². The van der Waals surface area contributed by atoms with E-state index < -0.39 is 0 Å². The second kappa shape index (κ2) is 6.41. The van der Waals surface area contributed by atoms with Crippen molar-refractivity contribution in [2.75, 3.05) is 18.0 Å². The van der Waals surface area contributed by atoms with E-state index in [-0.39, 0.29) is 12.2 Å². The van der Waals surface area contributed by atoms with Gasteiger partial charge in [0.05, 0.1) is 28.6 Å². The van der Waals surface area contributed by atoms with E-state index in [1.165, 1.54) is 11.3 Å². The smallest absolute Gasteiger partial charge is 0.415 e. The molecule has 3 heterocycles. The van der Waals surface area contributed by atoms with Crippen molar-refractivity contribution in [1.29, 1.82) is 0 Å². The van der Waals surface area contributed by atoms with Crippen LogP contribution in [0.2, 0.25) is 0 Å². The molecule has 0 unspecified atom stereocenters. The molecule has 1 atom stereocenters. The molecule has 1 aliphatic rings. The fraction of sp³-hybridized carbons (Fsp3) is 0.267. The molecule has 5 nitrogen and oxygen atoms in total. The number of hydrogen-bond acceptors (Lipinski definition) is 5. The van der Waals surface area contributed by atoms with Crippen molar-refractivity contribution in [2.24, 2.45) is 0 Å². The largest absolute Gasteiger partial charge is 0.442 e. The van der Waals surface area contributed by atoms with E-state index in [1.807, 2.05) is 37.3 Å². The van der Waals surface area contributed by atoms with E-state index in [2.05, 4.69) is 10.3 Å². The van der Waals surface area contributed by atoms with Crippen LogP contribution in [0.15, 0.2) is 36.5 Å². The highest BCUT2D eigenvalue weighted by Gasteiger charge is 2.33. The number of nitrogens with zero attached hydrogens (tertiary/aromatic N) is 2. The maximum Gasteiger partial charge on any atom is 0.415 e. The van der Waals surface area contributed by atoms with Gasteiger partial charge in [0, 0.05) is 6.20 Å². The summed E-state index contributed by atoms with van der Waals surface area (Å²) in [5.41, 5.74) is 0.904. The number of nitrogens with one attached hydrogen (secondary N) is 1. The van der Waals surface area contributed by atoms with E-state index in [9.17, 15) is 4.79 Å². The highest BCUT2D eigenvalue weighted by molar-refractivity contribution is 7.80. The lowest BCUT2D eigenvalue weighted by Crippen LogP contribution is -2.32. The Balaban J connectivity index is 1.71. The summed E-state index contributed by atoms with van der Waals surface area (Å²) in [4.78, 5) is 19.7. The Morgan fingerprint density at radius 3 is 3.09 bits per heavy atom. The maximum atomic E-state index is 12.0. The van der Waals surface area contributed by atoms with Gasteiger partial charge in [-0.2, -0.15) is 0 Å². The summed E-state index contributed by atoms with van der Waals surface area (Å²) in [6.07, 6.45) is 1.25. The van der Waals surface area contributed by atoms with Gasteiger partial charge in [0.1, 0.15) is 11.1 Å². The third kappa shape index (κ3) is 3.26. The molecule has 0 radical (unpaired) electrons. The molecule has 0 spiro atoms. The summed E-state index contributed by atoms with van der Waals surface area (Å²) in [7, 11) is 0. The third-order valence-corrected chi connectivity index (χ3v) is 4.50. The molecule has 1 aliphatic heterocycles. The number of cyclic esters (lactones) is 1. The van der Waals surface area contributed by atoms with Gasteiger partial charge in [-0.1, -0.05) is 18.3 Å². The van der Waals surface area contributed by atoms with Crippen LogP contribution in [0.3, 0.4) is 0 Å². The van der Waals surface area contributed by atoms with Crippen molar-refractivity contribution < 1.29 is 9.53 Å². The first kappa shape index (κ1) is 14.9. The van der Waals surface area contributed by atoms with E-state index in [4.69, 9.17) is 17.0 Å². The van der Waals surface area contributed by atoms with Crippen molar-refractivity contribution in [3.05, 3.63) is 36.5 Å². The fourth-order valence-electron chi connectivity index (χ4n) is 2.18. The van der Waals surface area contributed by atoms with E-state index in [1.54, 1.807) is 11.1 Å². The van der Waals surface area contributed by atoms with Crippen LogP contribution < -0.4 is 10.2 Å². The van der Waals surface area contributed by atoms with Gasteiger partial charge in [-0.15, -0.1) is 11.3 Å². The lowest BCUT2D eigenvalue weighted by Gasteiger charge is -2.10. The molecule has 0 aliphatic carbocycles. The number of carbonyl (C=O) groups is 1. The average Bonchev–Trinajstić information content (AvgIpc) is 3.12. The molecular weight excluding hydrogens is 318 g/mol. The molecule has 2 aromatic heterocycles. The van der Waals surface area contributed by atoms with Crippen LogP contribution in [-0.4, -0.2) is 35.3 Å². The molecular formula is C15H15N3O2S2. The lowest BCUT2D eigenvalue weighted by atomic mass is 10.3. The van der Waals surface area contributed by atoms with Crippen LogP contribution in [0.4, 0.5) is 9.80 Å². The maximum absolute atomic E-state index is 12.0. The quantitative estimate of drug-likeness (QED) is 0.872. The van der Waals surface area contributed by atoms with Gasteiger partial charge in [0.15, 0.2) is 0 Å². The van der Waals surface area contributed by atoms with Gasteiger partial charge in [-0.3, -0.25) is 9.88 Å². The Morgan fingerprint density at radius 1 is 1.50 bits per heavy atom. The first-order valence-electron chi connectivity index (χ1n) is 6.87. The molecule has 0 saturated carbocycles. The van der Waals surface area contributed by atoms with Crippen molar-refractivity contribution in [1.82, 2.24) is 10.3 Å².